The standard InChI is InChI=1S/C11H9NO/c1-2-8-7-12-10-6-4-3-5-9(10)11(8)13/h2-7H,1H2,(H,12,13). The molecule has 1 N–H and O–H groups in total. The zero-order valence-electron chi connectivity index (χ0n) is 7.08. The van der Waals surface area contributed by atoms with Crippen molar-refractivity contribution in [3.05, 3.63) is 52.8 Å². The van der Waals surface area contributed by atoms with Crippen LogP contribution >= 0.6 is 0 Å². The van der Waals surface area contributed by atoms with E-state index in [0.717, 1.165) is 5.52 Å². The minimum atomic E-state index is 0.0318. The van der Waals surface area contributed by atoms with E-state index in [-0.39, 0.29) is 5.43 Å². The van der Waals surface area contributed by atoms with Gasteiger partial charge in [0.05, 0.1) is 0 Å². The summed E-state index contributed by atoms with van der Waals surface area (Å²) in [5.74, 6) is 0. The average Bonchev–Trinajstić information content (AvgIpc) is 2.19. The van der Waals surface area contributed by atoms with Crippen LogP contribution in [0.25, 0.3) is 17.0 Å². The van der Waals surface area contributed by atoms with Gasteiger partial charge >= 0.3 is 0 Å². The Morgan fingerprint density at radius 3 is 2.85 bits per heavy atom. The van der Waals surface area contributed by atoms with Crippen LogP contribution in [0.4, 0.5) is 0 Å². The van der Waals surface area contributed by atoms with Gasteiger partial charge in [0.1, 0.15) is 0 Å². The Morgan fingerprint density at radius 2 is 2.08 bits per heavy atom. The number of nitrogens with one attached hydrogen (secondary N) is 1. The van der Waals surface area contributed by atoms with Gasteiger partial charge < -0.3 is 4.98 Å². The molecule has 0 aliphatic carbocycles. The van der Waals surface area contributed by atoms with Crippen LogP contribution in [-0.4, -0.2) is 4.98 Å². The van der Waals surface area contributed by atoms with Gasteiger partial charge in [0.25, 0.3) is 0 Å². The molecule has 0 amide bonds. The molecule has 0 saturated carbocycles. The van der Waals surface area contributed by atoms with E-state index in [2.05, 4.69) is 11.6 Å². The Balaban J connectivity index is 2.95. The average molecular weight is 171 g/mol. The summed E-state index contributed by atoms with van der Waals surface area (Å²) in [6, 6.07) is 7.43. The molecule has 2 nitrogen and oxygen atoms in total. The number of fused-ring (bicyclic) bond motifs is 1. The van der Waals surface area contributed by atoms with Crippen LogP contribution in [0.1, 0.15) is 5.56 Å². The molecule has 0 atom stereocenters. The predicted molar refractivity (Wildman–Crippen MR) is 54.7 cm³/mol. The zero-order chi connectivity index (χ0) is 9.26. The number of H-pyrrole nitrogens is 1. The van der Waals surface area contributed by atoms with Gasteiger partial charge in [-0.05, 0) is 12.1 Å². The van der Waals surface area contributed by atoms with Crippen molar-refractivity contribution in [1.82, 2.24) is 4.98 Å². The molecule has 0 bridgehead atoms. The number of pyridine rings is 1. The van der Waals surface area contributed by atoms with Crippen LogP contribution in [0.5, 0.6) is 0 Å². The fraction of sp³-hybridized carbons (Fsp3) is 0. The number of rotatable bonds is 1. The first-order chi connectivity index (χ1) is 6.33. The van der Waals surface area contributed by atoms with Gasteiger partial charge in [-0.15, -0.1) is 0 Å². The molecule has 0 saturated heterocycles. The third-order valence-corrected chi connectivity index (χ3v) is 2.04. The lowest BCUT2D eigenvalue weighted by atomic mass is 10.1. The molecule has 2 heteroatoms. The first-order valence-electron chi connectivity index (χ1n) is 4.06. The second-order valence-electron chi connectivity index (χ2n) is 2.82. The molecule has 0 spiro atoms. The molecule has 64 valence electrons. The number of hydrogen-bond acceptors (Lipinski definition) is 1. The Kier molecular flexibility index (Phi) is 1.74. The van der Waals surface area contributed by atoms with E-state index in [1.807, 2.05) is 18.2 Å². The van der Waals surface area contributed by atoms with Gasteiger partial charge in [0, 0.05) is 22.7 Å². The maximum Gasteiger partial charge on any atom is 0.196 e. The topological polar surface area (TPSA) is 32.9 Å². The van der Waals surface area contributed by atoms with E-state index < -0.39 is 0 Å². The lowest BCUT2D eigenvalue weighted by molar-refractivity contribution is 1.37. The van der Waals surface area contributed by atoms with E-state index in [1.54, 1.807) is 18.3 Å². The van der Waals surface area contributed by atoms with Crippen molar-refractivity contribution < 1.29 is 0 Å². The van der Waals surface area contributed by atoms with Crippen LogP contribution in [-0.2, 0) is 0 Å². The minimum absolute atomic E-state index is 0.0318. The van der Waals surface area contributed by atoms with Gasteiger partial charge in [-0.3, -0.25) is 4.79 Å². The quantitative estimate of drug-likeness (QED) is 0.700. The van der Waals surface area contributed by atoms with Crippen LogP contribution in [0, 0.1) is 0 Å². The highest BCUT2D eigenvalue weighted by atomic mass is 16.1. The number of hydrogen-bond donors (Lipinski definition) is 1. The normalized spacial score (nSPS) is 10.2. The summed E-state index contributed by atoms with van der Waals surface area (Å²) >= 11 is 0. The summed E-state index contributed by atoms with van der Waals surface area (Å²) < 4.78 is 0. The van der Waals surface area contributed by atoms with Crippen molar-refractivity contribution in [1.29, 1.82) is 0 Å². The van der Waals surface area contributed by atoms with E-state index in [0.29, 0.717) is 10.9 Å². The Morgan fingerprint density at radius 1 is 1.31 bits per heavy atom. The van der Waals surface area contributed by atoms with E-state index in [9.17, 15) is 4.79 Å². The molecule has 0 aliphatic rings. The van der Waals surface area contributed by atoms with Crippen molar-refractivity contribution in [3.8, 4) is 0 Å². The summed E-state index contributed by atoms with van der Waals surface area (Å²) in [7, 11) is 0. The van der Waals surface area contributed by atoms with Crippen LogP contribution in [0.2, 0.25) is 0 Å². The van der Waals surface area contributed by atoms with Crippen molar-refractivity contribution in [3.63, 3.8) is 0 Å². The molecule has 0 fully saturated rings. The molecule has 2 aromatic rings. The van der Waals surface area contributed by atoms with Gasteiger partial charge in [-0.1, -0.05) is 24.8 Å². The fourth-order valence-corrected chi connectivity index (χ4v) is 1.34. The number of benzene rings is 1. The summed E-state index contributed by atoms with van der Waals surface area (Å²) in [5.41, 5.74) is 1.50. The third kappa shape index (κ3) is 1.16. The molecule has 1 aromatic carbocycles. The number of aromatic nitrogens is 1. The van der Waals surface area contributed by atoms with Gasteiger partial charge in [0.15, 0.2) is 5.43 Å². The molecular formula is C11H9NO. The van der Waals surface area contributed by atoms with Crippen LogP contribution in [0.3, 0.4) is 0 Å². The summed E-state index contributed by atoms with van der Waals surface area (Å²) in [5, 5.41) is 0.708. The molecular weight excluding hydrogens is 162 g/mol. The van der Waals surface area contributed by atoms with Gasteiger partial charge in [-0.25, -0.2) is 0 Å². The summed E-state index contributed by atoms with van der Waals surface area (Å²) in [4.78, 5) is 14.7. The summed E-state index contributed by atoms with van der Waals surface area (Å²) in [6.07, 6.45) is 3.24. The second-order valence-corrected chi connectivity index (χ2v) is 2.82. The molecule has 2 rings (SSSR count). The molecule has 0 unspecified atom stereocenters. The van der Waals surface area contributed by atoms with E-state index >= 15 is 0 Å². The maximum atomic E-state index is 11.7. The van der Waals surface area contributed by atoms with Gasteiger partial charge in [0.2, 0.25) is 0 Å². The highest BCUT2D eigenvalue weighted by molar-refractivity contribution is 5.80. The minimum Gasteiger partial charge on any atom is -0.360 e. The SMILES string of the molecule is C=Cc1c[nH]c2ccccc2c1=O. The second kappa shape index (κ2) is 2.90. The zero-order valence-corrected chi connectivity index (χ0v) is 7.08. The predicted octanol–water partition coefficient (Wildman–Crippen LogP) is 2.17. The van der Waals surface area contributed by atoms with Crippen molar-refractivity contribution >= 4 is 17.0 Å². The maximum absolute atomic E-state index is 11.7. The lowest BCUT2D eigenvalue weighted by Crippen LogP contribution is -2.05. The Hall–Kier alpha value is -1.83. The van der Waals surface area contributed by atoms with Crippen molar-refractivity contribution in [2.45, 2.75) is 0 Å². The fourth-order valence-electron chi connectivity index (χ4n) is 1.34. The summed E-state index contributed by atoms with van der Waals surface area (Å²) in [6.45, 7) is 3.58. The van der Waals surface area contributed by atoms with Crippen molar-refractivity contribution in [2.24, 2.45) is 0 Å². The largest absolute Gasteiger partial charge is 0.360 e. The monoisotopic (exact) mass is 171 g/mol. The lowest BCUT2D eigenvalue weighted by Gasteiger charge is -1.97. The number of aromatic amines is 1. The Labute approximate surface area is 75.5 Å². The van der Waals surface area contributed by atoms with E-state index in [4.69, 9.17) is 0 Å². The molecule has 1 aromatic heterocycles. The highest BCUT2D eigenvalue weighted by Gasteiger charge is 1.99. The van der Waals surface area contributed by atoms with E-state index in [1.165, 1.54) is 0 Å². The molecule has 13 heavy (non-hydrogen) atoms. The molecule has 1 heterocycles. The third-order valence-electron chi connectivity index (χ3n) is 2.04. The van der Waals surface area contributed by atoms with Crippen LogP contribution in [0.15, 0.2) is 41.8 Å². The van der Waals surface area contributed by atoms with Gasteiger partial charge in [-0.2, -0.15) is 0 Å². The van der Waals surface area contributed by atoms with Crippen LogP contribution < -0.4 is 5.43 Å². The smallest absolute Gasteiger partial charge is 0.196 e. The number of para-hydroxylation sites is 1. The van der Waals surface area contributed by atoms with Crippen molar-refractivity contribution in [2.75, 3.05) is 0 Å². The first kappa shape index (κ1) is 7.80. The molecule has 0 radical (unpaired) electrons. The first-order valence-corrected chi connectivity index (χ1v) is 4.06. The molecule has 0 aliphatic heterocycles. The Bertz CT molecular complexity index is 511. The highest BCUT2D eigenvalue weighted by Crippen LogP contribution is 2.06.